The van der Waals surface area contributed by atoms with Crippen LogP contribution in [0.3, 0.4) is 0 Å². The molecule has 0 radical (unpaired) electrons. The van der Waals surface area contributed by atoms with E-state index >= 15 is 0 Å². The van der Waals surface area contributed by atoms with E-state index in [1.807, 2.05) is 0 Å². The van der Waals surface area contributed by atoms with Crippen LogP contribution >= 0.6 is 0 Å². The van der Waals surface area contributed by atoms with Crippen molar-refractivity contribution in [1.82, 2.24) is 0 Å². The highest BCUT2D eigenvalue weighted by atomic mass is 32.2. The summed E-state index contributed by atoms with van der Waals surface area (Å²) in [5.41, 5.74) is 2.20. The van der Waals surface area contributed by atoms with Gasteiger partial charge in [0.1, 0.15) is 0 Å². The normalized spacial score (nSPS) is 25.4. The second-order valence-electron chi connectivity index (χ2n) is 6.29. The Morgan fingerprint density at radius 1 is 1.22 bits per heavy atom. The highest BCUT2D eigenvalue weighted by Gasteiger charge is 2.38. The van der Waals surface area contributed by atoms with Gasteiger partial charge in [-0.05, 0) is 50.2 Å². The smallest absolute Gasteiger partial charge is 0.267 e. The molecule has 1 fully saturated rings. The van der Waals surface area contributed by atoms with Crippen molar-refractivity contribution in [2.45, 2.75) is 64.1 Å². The van der Waals surface area contributed by atoms with Crippen molar-refractivity contribution in [3.8, 4) is 0 Å². The summed E-state index contributed by atoms with van der Waals surface area (Å²) in [5.74, 6) is 0.0258. The Kier molecular flexibility index (Phi) is 6.23. The van der Waals surface area contributed by atoms with Crippen LogP contribution in [-0.4, -0.2) is 27.4 Å². The van der Waals surface area contributed by atoms with Gasteiger partial charge in [0, 0.05) is 7.11 Å². The average Bonchev–Trinajstić information content (AvgIpc) is 2.56. The molecule has 0 aliphatic heterocycles. The molecule has 0 aromatic heterocycles. The molecule has 1 saturated carbocycles. The number of methoxy groups -OCH3 is 1. The van der Waals surface area contributed by atoms with Crippen LogP contribution in [0.25, 0.3) is 0 Å². The van der Waals surface area contributed by atoms with E-state index in [-0.39, 0.29) is 17.5 Å². The molecule has 4 nitrogen and oxygen atoms in total. The topological polar surface area (TPSA) is 52.6 Å². The second kappa shape index (κ2) is 7.77. The predicted octanol–water partition coefficient (Wildman–Crippen LogP) is 3.79. The van der Waals surface area contributed by atoms with Crippen LogP contribution < -0.4 is 0 Å². The van der Waals surface area contributed by atoms with Gasteiger partial charge in [0.25, 0.3) is 10.1 Å². The lowest BCUT2D eigenvalue weighted by Crippen LogP contribution is -2.37. The van der Waals surface area contributed by atoms with Crippen molar-refractivity contribution in [3.05, 3.63) is 35.4 Å². The number of hydrogen-bond donors (Lipinski definition) is 0. The molecule has 130 valence electrons. The molecule has 1 aromatic rings. The quantitative estimate of drug-likeness (QED) is 0.709. The summed E-state index contributed by atoms with van der Waals surface area (Å²) in [6, 6.07) is 8.59. The third-order valence-corrected chi connectivity index (χ3v) is 6.03. The van der Waals surface area contributed by atoms with Gasteiger partial charge in [-0.25, -0.2) is 0 Å². The summed E-state index contributed by atoms with van der Waals surface area (Å²) in [6.45, 7) is 3.78. The largest absolute Gasteiger partial charge is 0.374 e. The number of rotatable bonds is 7. The number of aryl methyl sites for hydroxylation is 1. The first-order chi connectivity index (χ1) is 10.9. The fourth-order valence-corrected chi connectivity index (χ4v) is 4.08. The van der Waals surface area contributed by atoms with Gasteiger partial charge in [-0.2, -0.15) is 8.42 Å². The average molecular weight is 340 g/mol. The fourth-order valence-electron chi connectivity index (χ4n) is 3.34. The molecule has 5 heteroatoms. The number of benzene rings is 1. The first kappa shape index (κ1) is 18.4. The van der Waals surface area contributed by atoms with Crippen LogP contribution in [0.1, 0.15) is 57.1 Å². The zero-order chi connectivity index (χ0) is 16.9. The molecule has 0 N–H and O–H groups in total. The number of hydrogen-bond acceptors (Lipinski definition) is 4. The third kappa shape index (κ3) is 4.55. The number of ether oxygens (including phenoxy) is 1. The van der Waals surface area contributed by atoms with Crippen LogP contribution in [0.5, 0.6) is 0 Å². The Balaban J connectivity index is 2.11. The molecule has 0 spiro atoms. The summed E-state index contributed by atoms with van der Waals surface area (Å²) in [6.07, 6.45) is 4.92. The summed E-state index contributed by atoms with van der Waals surface area (Å²) < 4.78 is 34.4. The second-order valence-corrected chi connectivity index (χ2v) is 8.18. The van der Waals surface area contributed by atoms with Gasteiger partial charge in [0.2, 0.25) is 0 Å². The highest BCUT2D eigenvalue weighted by Crippen LogP contribution is 2.41. The fraction of sp³-hybridized carbons (Fsp3) is 0.667. The molecule has 23 heavy (non-hydrogen) atoms. The van der Waals surface area contributed by atoms with E-state index in [9.17, 15) is 8.42 Å². The molecular weight excluding hydrogens is 312 g/mol. The minimum absolute atomic E-state index is 0.0258. The van der Waals surface area contributed by atoms with Crippen LogP contribution in [0.15, 0.2) is 24.3 Å². The third-order valence-electron chi connectivity index (χ3n) is 4.76. The Hall–Kier alpha value is -0.910. The van der Waals surface area contributed by atoms with Gasteiger partial charge in [-0.3, -0.25) is 4.18 Å². The van der Waals surface area contributed by atoms with Gasteiger partial charge in [0.05, 0.1) is 17.5 Å². The van der Waals surface area contributed by atoms with E-state index in [0.29, 0.717) is 12.8 Å². The first-order valence-corrected chi connectivity index (χ1v) is 10.1. The van der Waals surface area contributed by atoms with Crippen molar-refractivity contribution in [2.24, 2.45) is 0 Å². The first-order valence-electron chi connectivity index (χ1n) is 8.50. The van der Waals surface area contributed by atoms with Crippen LogP contribution in [0.4, 0.5) is 0 Å². The van der Waals surface area contributed by atoms with E-state index in [1.54, 1.807) is 14.0 Å². The molecule has 0 heterocycles. The summed E-state index contributed by atoms with van der Waals surface area (Å²) in [7, 11) is -1.64. The van der Waals surface area contributed by atoms with Crippen molar-refractivity contribution in [3.63, 3.8) is 0 Å². The molecular formula is C18H28O4S. The van der Waals surface area contributed by atoms with E-state index < -0.39 is 10.1 Å². The molecule has 0 saturated heterocycles. The van der Waals surface area contributed by atoms with Crippen molar-refractivity contribution < 1.29 is 17.3 Å². The van der Waals surface area contributed by atoms with E-state index in [1.165, 1.54) is 11.1 Å². The molecule has 2 rings (SSSR count). The van der Waals surface area contributed by atoms with E-state index in [4.69, 9.17) is 8.92 Å². The zero-order valence-corrected chi connectivity index (χ0v) is 15.2. The van der Waals surface area contributed by atoms with Crippen LogP contribution in [-0.2, 0) is 31.1 Å². The lowest BCUT2D eigenvalue weighted by Gasteiger charge is -2.39. The maximum Gasteiger partial charge on any atom is 0.267 e. The Morgan fingerprint density at radius 2 is 1.91 bits per heavy atom. The van der Waals surface area contributed by atoms with Crippen LogP contribution in [0, 0.1) is 0 Å². The minimum atomic E-state index is -3.38. The monoisotopic (exact) mass is 340 g/mol. The Morgan fingerprint density at radius 3 is 2.48 bits per heavy atom. The summed E-state index contributed by atoms with van der Waals surface area (Å²) in [4.78, 5) is 0. The van der Waals surface area contributed by atoms with Crippen LogP contribution in [0.2, 0.25) is 0 Å². The lowest BCUT2D eigenvalue weighted by atomic mass is 9.78. The maximum atomic E-state index is 11.6. The Bertz CT molecular complexity index is 601. The maximum absolute atomic E-state index is 11.6. The SMILES string of the molecule is CCCc1cccc([C@]2(OC)CC[C@H](OS(=O)(=O)CC)CC2)c1. The minimum Gasteiger partial charge on any atom is -0.374 e. The van der Waals surface area contributed by atoms with Crippen molar-refractivity contribution >= 4 is 10.1 Å². The van der Waals surface area contributed by atoms with Gasteiger partial charge in [0.15, 0.2) is 0 Å². The molecule has 0 amide bonds. The van der Waals surface area contributed by atoms with Gasteiger partial charge in [-0.15, -0.1) is 0 Å². The van der Waals surface area contributed by atoms with E-state index in [2.05, 4.69) is 31.2 Å². The molecule has 0 unspecified atom stereocenters. The van der Waals surface area contributed by atoms with E-state index in [0.717, 1.165) is 25.7 Å². The van der Waals surface area contributed by atoms with Crippen molar-refractivity contribution in [2.75, 3.05) is 12.9 Å². The summed E-state index contributed by atoms with van der Waals surface area (Å²) in [5, 5.41) is 0. The predicted molar refractivity (Wildman–Crippen MR) is 91.9 cm³/mol. The zero-order valence-electron chi connectivity index (χ0n) is 14.4. The highest BCUT2D eigenvalue weighted by molar-refractivity contribution is 7.86. The molecule has 1 aromatic carbocycles. The molecule has 0 bridgehead atoms. The summed E-state index contributed by atoms with van der Waals surface area (Å²) >= 11 is 0. The van der Waals surface area contributed by atoms with Gasteiger partial charge < -0.3 is 4.74 Å². The standard InChI is InChI=1S/C18H28O4S/c1-4-7-15-8-6-9-16(14-15)18(21-3)12-10-17(11-13-18)22-23(19,20)5-2/h6,8-9,14,17H,4-5,7,10-13H2,1-3H3/t17-,18-. The molecule has 1 aliphatic rings. The molecule has 0 atom stereocenters. The Labute approximate surface area is 140 Å². The molecule has 1 aliphatic carbocycles. The van der Waals surface area contributed by atoms with Gasteiger partial charge in [-0.1, -0.05) is 37.6 Å². The lowest BCUT2D eigenvalue weighted by molar-refractivity contribution is -0.0642. The van der Waals surface area contributed by atoms with Crippen molar-refractivity contribution in [1.29, 1.82) is 0 Å². The van der Waals surface area contributed by atoms with Gasteiger partial charge >= 0.3 is 0 Å².